The molecule has 1 aromatic carbocycles. The van der Waals surface area contributed by atoms with E-state index in [1.165, 1.54) is 0 Å². The van der Waals surface area contributed by atoms with Crippen LogP contribution in [-0.4, -0.2) is 10.9 Å². The summed E-state index contributed by atoms with van der Waals surface area (Å²) in [5.41, 5.74) is 5.77. The van der Waals surface area contributed by atoms with Crippen LogP contribution in [0, 0.1) is 34.6 Å². The summed E-state index contributed by atoms with van der Waals surface area (Å²) < 4.78 is 5.72. The first-order valence-electron chi connectivity index (χ1n) is 7.64. The average molecular weight is 308 g/mol. The monoisotopic (exact) mass is 308 g/mol. The molecule has 0 unspecified atom stereocenters. The van der Waals surface area contributed by atoms with E-state index in [1.54, 1.807) is 0 Å². The van der Waals surface area contributed by atoms with Gasteiger partial charge in [-0.05, 0) is 57.4 Å². The number of hydrogen-bond acceptors (Lipinski definition) is 3. The van der Waals surface area contributed by atoms with Crippen molar-refractivity contribution in [2.24, 2.45) is 0 Å². The smallest absolute Gasteiger partial charge is 0.292 e. The lowest BCUT2D eigenvalue weighted by Gasteiger charge is -2.13. The van der Waals surface area contributed by atoms with Crippen LogP contribution >= 0.6 is 0 Å². The number of pyridine rings is 1. The zero-order valence-corrected chi connectivity index (χ0v) is 14.1. The van der Waals surface area contributed by atoms with E-state index in [2.05, 4.69) is 10.3 Å². The van der Waals surface area contributed by atoms with Gasteiger partial charge in [0.15, 0.2) is 5.76 Å². The second-order valence-corrected chi connectivity index (χ2v) is 5.93. The summed E-state index contributed by atoms with van der Waals surface area (Å²) in [5, 5.41) is 3.85. The van der Waals surface area contributed by atoms with Crippen molar-refractivity contribution in [2.75, 3.05) is 5.32 Å². The number of anilines is 1. The summed E-state index contributed by atoms with van der Waals surface area (Å²) in [6, 6.07) is 7.65. The fourth-order valence-electron chi connectivity index (χ4n) is 2.74. The van der Waals surface area contributed by atoms with Crippen LogP contribution in [0.4, 0.5) is 5.82 Å². The van der Waals surface area contributed by atoms with Gasteiger partial charge in [-0.3, -0.25) is 4.79 Å². The van der Waals surface area contributed by atoms with E-state index >= 15 is 0 Å². The molecule has 0 aliphatic heterocycles. The van der Waals surface area contributed by atoms with Gasteiger partial charge in [-0.15, -0.1) is 0 Å². The van der Waals surface area contributed by atoms with Gasteiger partial charge in [0.2, 0.25) is 0 Å². The van der Waals surface area contributed by atoms with E-state index in [0.29, 0.717) is 11.6 Å². The highest BCUT2D eigenvalue weighted by atomic mass is 16.3. The predicted octanol–water partition coefficient (Wildman–Crippen LogP) is 4.62. The number of hydrogen-bond donors (Lipinski definition) is 1. The Hall–Kier alpha value is -2.62. The Morgan fingerprint density at radius 1 is 0.957 bits per heavy atom. The number of benzene rings is 1. The third kappa shape index (κ3) is 2.50. The largest absolute Gasteiger partial charge is 0.451 e. The summed E-state index contributed by atoms with van der Waals surface area (Å²) in [7, 11) is 0. The molecule has 0 saturated carbocycles. The number of furan rings is 1. The molecule has 0 atom stereocenters. The first kappa shape index (κ1) is 15.3. The van der Waals surface area contributed by atoms with Gasteiger partial charge in [0.1, 0.15) is 11.4 Å². The number of aromatic nitrogens is 1. The molecule has 118 valence electrons. The molecule has 0 spiro atoms. The Morgan fingerprint density at radius 3 is 2.35 bits per heavy atom. The maximum Gasteiger partial charge on any atom is 0.292 e. The minimum Gasteiger partial charge on any atom is -0.451 e. The molecule has 1 amide bonds. The van der Waals surface area contributed by atoms with Gasteiger partial charge < -0.3 is 9.73 Å². The average Bonchev–Trinajstić information content (AvgIpc) is 2.88. The maximum absolute atomic E-state index is 12.6. The van der Waals surface area contributed by atoms with Crippen molar-refractivity contribution in [2.45, 2.75) is 34.6 Å². The molecule has 0 aliphatic carbocycles. The molecular formula is C19H20N2O2. The number of para-hydroxylation sites is 1. The molecule has 2 heterocycles. The number of carbonyl (C=O) groups is 1. The lowest BCUT2D eigenvalue weighted by molar-refractivity contribution is 0.0997. The first-order valence-corrected chi connectivity index (χ1v) is 7.64. The highest BCUT2D eigenvalue weighted by molar-refractivity contribution is 6.06. The number of fused-ring (bicyclic) bond motifs is 1. The fourth-order valence-corrected chi connectivity index (χ4v) is 2.74. The topological polar surface area (TPSA) is 55.1 Å². The molecule has 3 rings (SSSR count). The van der Waals surface area contributed by atoms with Gasteiger partial charge in [-0.25, -0.2) is 4.98 Å². The Labute approximate surface area is 135 Å². The number of amides is 1. The van der Waals surface area contributed by atoms with Crippen LogP contribution in [-0.2, 0) is 0 Å². The summed E-state index contributed by atoms with van der Waals surface area (Å²) in [6.45, 7) is 9.90. The van der Waals surface area contributed by atoms with Crippen molar-refractivity contribution in [1.82, 2.24) is 4.98 Å². The van der Waals surface area contributed by atoms with Crippen molar-refractivity contribution in [3.05, 3.63) is 58.0 Å². The molecule has 0 radical (unpaired) electrons. The minimum absolute atomic E-state index is 0.267. The number of rotatable bonds is 2. The van der Waals surface area contributed by atoms with Crippen molar-refractivity contribution in [1.29, 1.82) is 0 Å². The van der Waals surface area contributed by atoms with E-state index in [4.69, 9.17) is 4.42 Å². The summed E-state index contributed by atoms with van der Waals surface area (Å²) in [4.78, 5) is 17.1. The highest BCUT2D eigenvalue weighted by Crippen LogP contribution is 2.27. The molecule has 2 aromatic heterocycles. The van der Waals surface area contributed by atoms with E-state index in [-0.39, 0.29) is 5.91 Å². The van der Waals surface area contributed by atoms with Gasteiger partial charge >= 0.3 is 0 Å². The van der Waals surface area contributed by atoms with E-state index in [1.807, 2.05) is 58.9 Å². The van der Waals surface area contributed by atoms with E-state index < -0.39 is 0 Å². The molecule has 23 heavy (non-hydrogen) atoms. The molecular weight excluding hydrogens is 288 g/mol. The van der Waals surface area contributed by atoms with Gasteiger partial charge in [-0.2, -0.15) is 0 Å². The van der Waals surface area contributed by atoms with Crippen LogP contribution in [0.15, 0.2) is 28.7 Å². The normalized spacial score (nSPS) is 11.0. The van der Waals surface area contributed by atoms with Crippen LogP contribution in [0.5, 0.6) is 0 Å². The standard InChI is InChI=1S/C19H20N2O2/c1-10-11(2)14(5)20-18(12(10)3)21-19(22)17-13(4)15-8-6-7-9-16(15)23-17/h6-9H,1-5H3,(H,20,21,22). The summed E-state index contributed by atoms with van der Waals surface area (Å²) >= 11 is 0. The van der Waals surface area contributed by atoms with Gasteiger partial charge in [-0.1, -0.05) is 18.2 Å². The molecule has 0 aliphatic rings. The number of aryl methyl sites for hydroxylation is 2. The highest BCUT2D eigenvalue weighted by Gasteiger charge is 2.19. The number of nitrogens with zero attached hydrogens (tertiary/aromatic N) is 1. The summed E-state index contributed by atoms with van der Waals surface area (Å²) in [5.74, 6) is 0.663. The minimum atomic E-state index is -0.267. The van der Waals surface area contributed by atoms with Crippen molar-refractivity contribution in [3.63, 3.8) is 0 Å². The van der Waals surface area contributed by atoms with Crippen molar-refractivity contribution >= 4 is 22.7 Å². The summed E-state index contributed by atoms with van der Waals surface area (Å²) in [6.07, 6.45) is 0. The Kier molecular flexibility index (Phi) is 3.68. The lowest BCUT2D eigenvalue weighted by atomic mass is 10.0. The maximum atomic E-state index is 12.6. The van der Waals surface area contributed by atoms with Gasteiger partial charge in [0.05, 0.1) is 0 Å². The Balaban J connectivity index is 2.00. The SMILES string of the molecule is Cc1nc(NC(=O)c2oc3ccccc3c2C)c(C)c(C)c1C. The quantitative estimate of drug-likeness (QED) is 0.751. The zero-order chi connectivity index (χ0) is 16.7. The van der Waals surface area contributed by atoms with E-state index in [0.717, 1.165) is 38.9 Å². The van der Waals surface area contributed by atoms with Gasteiger partial charge in [0, 0.05) is 16.6 Å². The molecule has 0 bridgehead atoms. The second kappa shape index (κ2) is 5.54. The van der Waals surface area contributed by atoms with Crippen LogP contribution in [0.1, 0.15) is 38.5 Å². The predicted molar refractivity (Wildman–Crippen MR) is 92.1 cm³/mol. The molecule has 0 fully saturated rings. The molecule has 4 nitrogen and oxygen atoms in total. The van der Waals surface area contributed by atoms with Crippen LogP contribution in [0.2, 0.25) is 0 Å². The van der Waals surface area contributed by atoms with Crippen LogP contribution in [0.25, 0.3) is 11.0 Å². The Bertz CT molecular complexity index is 923. The number of nitrogens with one attached hydrogen (secondary N) is 1. The fraction of sp³-hybridized carbons (Fsp3) is 0.263. The van der Waals surface area contributed by atoms with Crippen molar-refractivity contribution in [3.8, 4) is 0 Å². The van der Waals surface area contributed by atoms with Crippen molar-refractivity contribution < 1.29 is 9.21 Å². The molecule has 0 saturated heterocycles. The second-order valence-electron chi connectivity index (χ2n) is 5.93. The zero-order valence-electron chi connectivity index (χ0n) is 14.1. The van der Waals surface area contributed by atoms with Gasteiger partial charge in [0.25, 0.3) is 5.91 Å². The third-order valence-electron chi connectivity index (χ3n) is 4.58. The van der Waals surface area contributed by atoms with Crippen LogP contribution in [0.3, 0.4) is 0 Å². The van der Waals surface area contributed by atoms with Crippen LogP contribution < -0.4 is 5.32 Å². The number of carbonyl (C=O) groups excluding carboxylic acids is 1. The molecule has 4 heteroatoms. The lowest BCUT2D eigenvalue weighted by Crippen LogP contribution is -2.15. The first-order chi connectivity index (χ1) is 10.9. The Morgan fingerprint density at radius 2 is 1.65 bits per heavy atom. The molecule has 1 N–H and O–H groups in total. The van der Waals surface area contributed by atoms with E-state index in [9.17, 15) is 4.79 Å². The third-order valence-corrected chi connectivity index (χ3v) is 4.58. The molecule has 3 aromatic rings.